The van der Waals surface area contributed by atoms with Crippen LogP contribution in [0, 0.1) is 0 Å². The Kier molecular flexibility index (Phi) is 11.3. The van der Waals surface area contributed by atoms with E-state index >= 15 is 0 Å². The summed E-state index contributed by atoms with van der Waals surface area (Å²) in [6, 6.07) is -6.34. The molecule has 0 spiro atoms. The quantitative estimate of drug-likeness (QED) is 0.124. The summed E-state index contributed by atoms with van der Waals surface area (Å²) in [5.41, 5.74) is 5.29. The molecular weight excluding hydrogens is 416 g/mol. The van der Waals surface area contributed by atoms with Crippen LogP contribution in [-0.4, -0.2) is 92.6 Å². The third kappa shape index (κ3) is 9.72. The molecule has 9 N–H and O–H groups in total. The molecule has 0 rings (SSSR count). The number of carboxylic acids is 3. The molecule has 4 unspecified atom stereocenters. The average Bonchev–Trinajstić information content (AvgIpc) is 2.62. The molecule has 0 fully saturated rings. The first kappa shape index (κ1) is 26.1. The van der Waals surface area contributed by atoms with E-state index in [4.69, 9.17) is 26.2 Å². The number of amides is 3. The van der Waals surface area contributed by atoms with Gasteiger partial charge in [0, 0.05) is 5.75 Å². The largest absolute Gasteiger partial charge is 0.481 e. The zero-order chi connectivity index (χ0) is 22.7. The molecule has 0 radical (unpaired) electrons. The van der Waals surface area contributed by atoms with Crippen molar-refractivity contribution < 1.29 is 49.2 Å². The molecule has 0 heterocycles. The van der Waals surface area contributed by atoms with Crippen molar-refractivity contribution in [3.8, 4) is 0 Å². The number of aliphatic carboxylic acids is 3. The third-order valence-electron chi connectivity index (χ3n) is 3.35. The van der Waals surface area contributed by atoms with Gasteiger partial charge in [0.2, 0.25) is 17.7 Å². The van der Waals surface area contributed by atoms with E-state index < -0.39 is 79.2 Å². The molecule has 0 aromatic rings. The van der Waals surface area contributed by atoms with E-state index in [-0.39, 0.29) is 5.75 Å². The summed E-state index contributed by atoms with van der Waals surface area (Å²) in [5, 5.41) is 41.3. The molecule has 3 amide bonds. The van der Waals surface area contributed by atoms with Crippen LogP contribution in [0.2, 0.25) is 0 Å². The Balaban J connectivity index is 5.29. The average molecular weight is 438 g/mol. The number of hydrogen-bond donors (Lipinski definition) is 9. The fourth-order valence-electron chi connectivity index (χ4n) is 1.86. The maximum atomic E-state index is 12.3. The highest BCUT2D eigenvalue weighted by Crippen LogP contribution is 2.00. The predicted octanol–water partition coefficient (Wildman–Crippen LogP) is -4.28. The van der Waals surface area contributed by atoms with E-state index in [9.17, 15) is 28.8 Å². The van der Waals surface area contributed by atoms with Crippen LogP contribution >= 0.6 is 12.6 Å². The van der Waals surface area contributed by atoms with Crippen molar-refractivity contribution in [1.29, 1.82) is 0 Å². The second-order valence-corrected chi connectivity index (χ2v) is 6.05. The van der Waals surface area contributed by atoms with Crippen molar-refractivity contribution in [2.45, 2.75) is 37.0 Å². The highest BCUT2D eigenvalue weighted by molar-refractivity contribution is 7.80. The summed E-state index contributed by atoms with van der Waals surface area (Å²) >= 11 is 3.85. The van der Waals surface area contributed by atoms with E-state index in [0.717, 1.165) is 0 Å². The molecule has 14 nitrogen and oxygen atoms in total. The van der Waals surface area contributed by atoms with Gasteiger partial charge in [0.05, 0.1) is 19.4 Å². The number of carboxylic acid groups (broad SMARTS) is 3. The lowest BCUT2D eigenvalue weighted by atomic mass is 10.1. The lowest BCUT2D eigenvalue weighted by Crippen LogP contribution is -2.58. The number of aliphatic hydroxyl groups is 1. The summed E-state index contributed by atoms with van der Waals surface area (Å²) in [7, 11) is 0. The number of carbonyl (C=O) groups is 6. The van der Waals surface area contributed by atoms with Gasteiger partial charge in [0.1, 0.15) is 24.2 Å². The molecule has 0 aliphatic rings. The molecule has 15 heteroatoms. The standard InChI is InChI=1S/C14H22N4O10S/c15-5(3-19)11(24)18-8(4-29)13(26)16-6(1-9(20)21)12(25)17-7(14(27)28)2-10(22)23/h5-8,19,29H,1-4,15H2,(H,16,26)(H,17,25)(H,18,24)(H,20,21)(H,22,23)(H,27,28). The molecule has 0 saturated heterocycles. The van der Waals surface area contributed by atoms with E-state index in [2.05, 4.69) is 17.9 Å². The van der Waals surface area contributed by atoms with Crippen LogP contribution in [0.15, 0.2) is 0 Å². The Hall–Kier alpha value is -2.91. The van der Waals surface area contributed by atoms with Crippen LogP contribution < -0.4 is 21.7 Å². The smallest absolute Gasteiger partial charge is 0.326 e. The summed E-state index contributed by atoms with van der Waals surface area (Å²) < 4.78 is 0. The summed E-state index contributed by atoms with van der Waals surface area (Å²) in [5.74, 6) is -8.23. The fourth-order valence-corrected chi connectivity index (χ4v) is 2.12. The van der Waals surface area contributed by atoms with E-state index in [0.29, 0.717) is 0 Å². The first-order valence-corrected chi connectivity index (χ1v) is 8.60. The van der Waals surface area contributed by atoms with Crippen LogP contribution in [0.5, 0.6) is 0 Å². The SMILES string of the molecule is NC(CO)C(=O)NC(CS)C(=O)NC(CC(=O)O)C(=O)NC(CC(=O)O)C(=O)O. The second kappa shape index (κ2) is 12.5. The number of nitrogens with one attached hydrogen (secondary N) is 3. The van der Waals surface area contributed by atoms with Gasteiger partial charge in [-0.15, -0.1) is 0 Å². The van der Waals surface area contributed by atoms with E-state index in [1.807, 2.05) is 10.6 Å². The van der Waals surface area contributed by atoms with Crippen molar-refractivity contribution in [1.82, 2.24) is 16.0 Å². The van der Waals surface area contributed by atoms with Gasteiger partial charge in [-0.05, 0) is 0 Å². The number of carbonyl (C=O) groups excluding carboxylic acids is 3. The van der Waals surface area contributed by atoms with Gasteiger partial charge in [0.25, 0.3) is 0 Å². The zero-order valence-electron chi connectivity index (χ0n) is 14.9. The maximum absolute atomic E-state index is 12.3. The minimum Gasteiger partial charge on any atom is -0.481 e. The molecular formula is C14H22N4O10S. The first-order chi connectivity index (χ1) is 13.4. The van der Waals surface area contributed by atoms with E-state index in [1.165, 1.54) is 0 Å². The lowest BCUT2D eigenvalue weighted by molar-refractivity contribution is -0.148. The lowest BCUT2D eigenvalue weighted by Gasteiger charge is -2.23. The predicted molar refractivity (Wildman–Crippen MR) is 96.8 cm³/mol. The van der Waals surface area contributed by atoms with Gasteiger partial charge in [0.15, 0.2) is 0 Å². The Morgan fingerprint density at radius 1 is 0.759 bits per heavy atom. The Bertz CT molecular complexity index is 658. The van der Waals surface area contributed by atoms with Gasteiger partial charge < -0.3 is 42.1 Å². The Labute approximate surface area is 169 Å². The molecule has 0 bridgehead atoms. The first-order valence-electron chi connectivity index (χ1n) is 7.97. The van der Waals surface area contributed by atoms with Gasteiger partial charge in [-0.3, -0.25) is 24.0 Å². The van der Waals surface area contributed by atoms with Crippen molar-refractivity contribution in [3.63, 3.8) is 0 Å². The molecule has 4 atom stereocenters. The van der Waals surface area contributed by atoms with Crippen molar-refractivity contribution in [3.05, 3.63) is 0 Å². The van der Waals surface area contributed by atoms with Gasteiger partial charge in [-0.25, -0.2) is 4.79 Å². The second-order valence-electron chi connectivity index (χ2n) is 5.69. The van der Waals surface area contributed by atoms with Crippen LogP contribution in [0.1, 0.15) is 12.8 Å². The minimum atomic E-state index is -1.86. The highest BCUT2D eigenvalue weighted by atomic mass is 32.1. The molecule has 164 valence electrons. The zero-order valence-corrected chi connectivity index (χ0v) is 15.8. The third-order valence-corrected chi connectivity index (χ3v) is 3.72. The monoisotopic (exact) mass is 438 g/mol. The summed E-state index contributed by atoms with van der Waals surface area (Å²) in [6.45, 7) is -0.711. The topological polar surface area (TPSA) is 245 Å². The fraction of sp³-hybridized carbons (Fsp3) is 0.571. The summed E-state index contributed by atoms with van der Waals surface area (Å²) in [6.07, 6.45) is -1.94. The molecule has 0 aromatic carbocycles. The molecule has 0 saturated carbocycles. The van der Waals surface area contributed by atoms with Crippen molar-refractivity contribution >= 4 is 48.3 Å². The molecule has 0 aliphatic heterocycles. The molecule has 0 aliphatic carbocycles. The number of rotatable bonds is 13. The Morgan fingerprint density at radius 2 is 1.17 bits per heavy atom. The number of hydrogen-bond acceptors (Lipinski definition) is 9. The molecule has 0 aromatic heterocycles. The van der Waals surface area contributed by atoms with Crippen LogP contribution in [-0.2, 0) is 28.8 Å². The van der Waals surface area contributed by atoms with Gasteiger partial charge in [-0.2, -0.15) is 12.6 Å². The minimum absolute atomic E-state index is 0.284. The van der Waals surface area contributed by atoms with E-state index in [1.54, 1.807) is 0 Å². The van der Waals surface area contributed by atoms with Gasteiger partial charge >= 0.3 is 17.9 Å². The van der Waals surface area contributed by atoms with Gasteiger partial charge in [-0.1, -0.05) is 0 Å². The van der Waals surface area contributed by atoms with Crippen LogP contribution in [0.3, 0.4) is 0 Å². The van der Waals surface area contributed by atoms with Crippen molar-refractivity contribution in [2.24, 2.45) is 5.73 Å². The number of thiol groups is 1. The maximum Gasteiger partial charge on any atom is 0.326 e. The van der Waals surface area contributed by atoms with Crippen molar-refractivity contribution in [2.75, 3.05) is 12.4 Å². The van der Waals surface area contributed by atoms with Crippen LogP contribution in [0.4, 0.5) is 0 Å². The molecule has 29 heavy (non-hydrogen) atoms. The highest BCUT2D eigenvalue weighted by Gasteiger charge is 2.31. The number of aliphatic hydroxyl groups excluding tert-OH is 1. The summed E-state index contributed by atoms with van der Waals surface area (Å²) in [4.78, 5) is 68.8. The number of nitrogens with two attached hydrogens (primary N) is 1. The normalized spacial score (nSPS) is 14.6. The van der Waals surface area contributed by atoms with Crippen LogP contribution in [0.25, 0.3) is 0 Å². The Morgan fingerprint density at radius 3 is 1.59 bits per heavy atom.